The molecular weight excluding hydrogens is 328 g/mol. The van der Waals surface area contributed by atoms with E-state index in [1.54, 1.807) is 12.1 Å². The zero-order valence-corrected chi connectivity index (χ0v) is 13.3. The zero-order chi connectivity index (χ0) is 14.0. The maximum absolute atomic E-state index is 12.4. The predicted molar refractivity (Wildman–Crippen MR) is 79.2 cm³/mol. The Morgan fingerprint density at radius 1 is 1.42 bits per heavy atom. The molecule has 106 valence electrons. The first-order valence-electron chi connectivity index (χ1n) is 6.43. The summed E-state index contributed by atoms with van der Waals surface area (Å²) in [4.78, 5) is 0.273. The molecule has 2 atom stereocenters. The van der Waals surface area contributed by atoms with Crippen molar-refractivity contribution in [3.05, 3.63) is 28.2 Å². The smallest absolute Gasteiger partial charge is 0.241 e. The van der Waals surface area contributed by atoms with Gasteiger partial charge in [0.2, 0.25) is 10.0 Å². The lowest BCUT2D eigenvalue weighted by Gasteiger charge is -2.14. The average Bonchev–Trinajstić information content (AvgIpc) is 2.74. The van der Waals surface area contributed by atoms with Gasteiger partial charge in [0, 0.05) is 17.1 Å². The highest BCUT2D eigenvalue weighted by Gasteiger charge is 2.27. The molecule has 1 saturated carbocycles. The van der Waals surface area contributed by atoms with Crippen molar-refractivity contribution in [2.24, 2.45) is 11.7 Å². The summed E-state index contributed by atoms with van der Waals surface area (Å²) in [6.07, 6.45) is 2.90. The molecule has 19 heavy (non-hydrogen) atoms. The van der Waals surface area contributed by atoms with Crippen molar-refractivity contribution in [1.29, 1.82) is 0 Å². The molecule has 2 rings (SSSR count). The van der Waals surface area contributed by atoms with Gasteiger partial charge in [-0.25, -0.2) is 13.1 Å². The predicted octanol–water partition coefficient (Wildman–Crippen LogP) is 2.37. The summed E-state index contributed by atoms with van der Waals surface area (Å²) >= 11 is 3.30. The van der Waals surface area contributed by atoms with E-state index in [0.29, 0.717) is 16.9 Å². The Morgan fingerprint density at radius 2 is 2.16 bits per heavy atom. The molecule has 2 unspecified atom stereocenters. The van der Waals surface area contributed by atoms with Crippen LogP contribution in [0.1, 0.15) is 31.7 Å². The van der Waals surface area contributed by atoms with Crippen LogP contribution in [0.15, 0.2) is 27.6 Å². The van der Waals surface area contributed by atoms with Crippen LogP contribution in [0.4, 0.5) is 0 Å². The molecule has 1 aromatic rings. The maximum Gasteiger partial charge on any atom is 0.241 e. The fourth-order valence-corrected chi connectivity index (χ4v) is 4.77. The number of nitrogens with two attached hydrogens (primary N) is 1. The van der Waals surface area contributed by atoms with Crippen molar-refractivity contribution in [2.75, 3.05) is 0 Å². The van der Waals surface area contributed by atoms with Crippen LogP contribution < -0.4 is 10.5 Å². The minimum Gasteiger partial charge on any atom is -0.326 e. The molecule has 0 heterocycles. The van der Waals surface area contributed by atoms with Gasteiger partial charge in [0.15, 0.2) is 0 Å². The van der Waals surface area contributed by atoms with Crippen LogP contribution in [-0.2, 0) is 16.6 Å². The first-order valence-corrected chi connectivity index (χ1v) is 8.71. The lowest BCUT2D eigenvalue weighted by molar-refractivity contribution is 0.538. The standard InChI is InChI=1S/C13H19BrN2O2S/c1-9-2-4-11(6-9)16-19(17,18)13-7-10(8-15)3-5-12(13)14/h3,5,7,9,11,16H,2,4,6,8,15H2,1H3. The van der Waals surface area contributed by atoms with Crippen LogP contribution in [0.25, 0.3) is 0 Å². The van der Waals surface area contributed by atoms with Gasteiger partial charge in [0.05, 0.1) is 4.90 Å². The van der Waals surface area contributed by atoms with Crippen LogP contribution in [0.2, 0.25) is 0 Å². The highest BCUT2D eigenvalue weighted by Crippen LogP contribution is 2.28. The van der Waals surface area contributed by atoms with E-state index in [0.717, 1.165) is 24.8 Å². The first-order chi connectivity index (χ1) is 8.92. The topological polar surface area (TPSA) is 72.2 Å². The van der Waals surface area contributed by atoms with E-state index < -0.39 is 10.0 Å². The second-order valence-corrected chi connectivity index (χ2v) is 7.74. The fraction of sp³-hybridized carbons (Fsp3) is 0.538. The summed E-state index contributed by atoms with van der Waals surface area (Å²) in [6.45, 7) is 2.48. The lowest BCUT2D eigenvalue weighted by Crippen LogP contribution is -2.33. The second kappa shape index (κ2) is 5.91. The van der Waals surface area contributed by atoms with E-state index >= 15 is 0 Å². The van der Waals surface area contributed by atoms with Gasteiger partial charge >= 0.3 is 0 Å². The van der Waals surface area contributed by atoms with Crippen molar-refractivity contribution >= 4 is 26.0 Å². The van der Waals surface area contributed by atoms with E-state index in [2.05, 4.69) is 27.6 Å². The number of nitrogens with one attached hydrogen (secondary N) is 1. The molecule has 0 bridgehead atoms. The normalized spacial score (nSPS) is 23.7. The highest BCUT2D eigenvalue weighted by molar-refractivity contribution is 9.10. The van der Waals surface area contributed by atoms with E-state index in [1.165, 1.54) is 0 Å². The molecule has 1 fully saturated rings. The third kappa shape index (κ3) is 3.56. The number of hydrogen-bond acceptors (Lipinski definition) is 3. The van der Waals surface area contributed by atoms with Gasteiger partial charge in [0.1, 0.15) is 0 Å². The van der Waals surface area contributed by atoms with Crippen molar-refractivity contribution in [2.45, 2.75) is 43.7 Å². The van der Waals surface area contributed by atoms with Gasteiger partial charge in [0.25, 0.3) is 0 Å². The van der Waals surface area contributed by atoms with Gasteiger partial charge in [-0.15, -0.1) is 0 Å². The van der Waals surface area contributed by atoms with Crippen molar-refractivity contribution in [3.63, 3.8) is 0 Å². The van der Waals surface area contributed by atoms with Crippen molar-refractivity contribution < 1.29 is 8.42 Å². The van der Waals surface area contributed by atoms with E-state index in [-0.39, 0.29) is 10.9 Å². The Hall–Kier alpha value is -0.430. The molecule has 0 radical (unpaired) electrons. The first kappa shape index (κ1) is 15.0. The SMILES string of the molecule is CC1CCC(NS(=O)(=O)c2cc(CN)ccc2Br)C1. The highest BCUT2D eigenvalue weighted by atomic mass is 79.9. The number of sulfonamides is 1. The minimum atomic E-state index is -3.48. The molecule has 0 spiro atoms. The van der Waals surface area contributed by atoms with Crippen molar-refractivity contribution in [1.82, 2.24) is 4.72 Å². The van der Waals surface area contributed by atoms with Gasteiger partial charge in [-0.3, -0.25) is 0 Å². The third-order valence-corrected chi connectivity index (χ3v) is 6.05. The fourth-order valence-electron chi connectivity index (χ4n) is 2.48. The number of hydrogen-bond donors (Lipinski definition) is 2. The molecule has 1 aromatic carbocycles. The minimum absolute atomic E-state index is 0.0495. The molecule has 0 aromatic heterocycles. The van der Waals surface area contributed by atoms with Gasteiger partial charge < -0.3 is 5.73 Å². The van der Waals surface area contributed by atoms with E-state index in [4.69, 9.17) is 5.73 Å². The second-order valence-electron chi connectivity index (χ2n) is 5.21. The Kier molecular flexibility index (Phi) is 4.66. The van der Waals surface area contributed by atoms with Crippen LogP contribution in [0.5, 0.6) is 0 Å². The average molecular weight is 347 g/mol. The molecule has 1 aliphatic rings. The monoisotopic (exact) mass is 346 g/mol. The Balaban J connectivity index is 2.24. The Morgan fingerprint density at radius 3 is 2.74 bits per heavy atom. The van der Waals surface area contributed by atoms with Crippen LogP contribution >= 0.6 is 15.9 Å². The molecular formula is C13H19BrN2O2S. The van der Waals surface area contributed by atoms with E-state index in [1.807, 2.05) is 6.07 Å². The maximum atomic E-state index is 12.4. The Labute approximate surface area is 122 Å². The lowest BCUT2D eigenvalue weighted by atomic mass is 10.1. The Bertz CT molecular complexity index is 560. The third-order valence-electron chi connectivity index (χ3n) is 3.54. The number of benzene rings is 1. The van der Waals surface area contributed by atoms with Crippen LogP contribution in [0.3, 0.4) is 0 Å². The van der Waals surface area contributed by atoms with Crippen molar-refractivity contribution in [3.8, 4) is 0 Å². The van der Waals surface area contributed by atoms with Crippen LogP contribution in [0, 0.1) is 5.92 Å². The molecule has 0 saturated heterocycles. The summed E-state index contributed by atoms with van der Waals surface area (Å²) < 4.78 is 28.2. The van der Waals surface area contributed by atoms with Gasteiger partial charge in [-0.1, -0.05) is 13.0 Å². The summed E-state index contributed by atoms with van der Waals surface area (Å²) in [5.41, 5.74) is 6.37. The summed E-state index contributed by atoms with van der Waals surface area (Å²) in [6, 6.07) is 5.23. The zero-order valence-electron chi connectivity index (χ0n) is 10.9. The summed E-state index contributed by atoms with van der Waals surface area (Å²) in [7, 11) is -3.48. The summed E-state index contributed by atoms with van der Waals surface area (Å²) in [5, 5.41) is 0. The molecule has 4 nitrogen and oxygen atoms in total. The van der Waals surface area contributed by atoms with Crippen LogP contribution in [-0.4, -0.2) is 14.5 Å². The molecule has 0 aliphatic heterocycles. The molecule has 6 heteroatoms. The van der Waals surface area contributed by atoms with Gasteiger partial charge in [-0.2, -0.15) is 0 Å². The number of halogens is 1. The summed E-state index contributed by atoms with van der Waals surface area (Å²) in [5.74, 6) is 0.589. The van der Waals surface area contributed by atoms with Gasteiger partial charge in [-0.05, 0) is 58.8 Å². The molecule has 0 amide bonds. The van der Waals surface area contributed by atoms with E-state index in [9.17, 15) is 8.42 Å². The molecule has 3 N–H and O–H groups in total. The quantitative estimate of drug-likeness (QED) is 0.878. The number of rotatable bonds is 4. The largest absolute Gasteiger partial charge is 0.326 e. The molecule has 1 aliphatic carbocycles.